The Hall–Kier alpha value is -1.26. The summed E-state index contributed by atoms with van der Waals surface area (Å²) in [5, 5.41) is 9.60. The monoisotopic (exact) mass is 273 g/mol. The van der Waals surface area contributed by atoms with Gasteiger partial charge in [-0.25, -0.2) is 0 Å². The van der Waals surface area contributed by atoms with Gasteiger partial charge in [-0.05, 0) is 24.6 Å². The summed E-state index contributed by atoms with van der Waals surface area (Å²) in [6.07, 6.45) is 0.314. The number of carboxylic acid groups (broad SMARTS) is 1. The molecule has 6 heteroatoms. The maximum absolute atomic E-state index is 11.8. The van der Waals surface area contributed by atoms with Crippen LogP contribution < -0.4 is 4.90 Å². The maximum atomic E-state index is 11.8. The molecule has 1 aliphatic heterocycles. The number of carbonyl (C=O) groups excluding carboxylic acids is 1. The zero-order valence-corrected chi connectivity index (χ0v) is 10.2. The molecule has 0 spiro atoms. The van der Waals surface area contributed by atoms with Crippen molar-refractivity contribution in [2.24, 2.45) is 5.92 Å². The van der Waals surface area contributed by atoms with Crippen molar-refractivity contribution < 1.29 is 14.7 Å². The second-order valence-corrected chi connectivity index (χ2v) is 4.58. The van der Waals surface area contributed by atoms with Crippen LogP contribution in [0.25, 0.3) is 0 Å². The molecule has 1 aromatic rings. The molecule has 0 unspecified atom stereocenters. The largest absolute Gasteiger partial charge is 0.481 e. The SMILES string of the molecule is O=C(O)[C@H]1CCN(c2ccc(Cl)c(Cl)c2)C1=O. The Bertz CT molecular complexity index is 490. The van der Waals surface area contributed by atoms with Gasteiger partial charge in [-0.1, -0.05) is 23.2 Å². The molecule has 17 heavy (non-hydrogen) atoms. The van der Waals surface area contributed by atoms with E-state index in [9.17, 15) is 9.59 Å². The third-order valence-electron chi connectivity index (χ3n) is 2.72. The zero-order valence-electron chi connectivity index (χ0n) is 8.69. The molecule has 1 N–H and O–H groups in total. The van der Waals surface area contributed by atoms with Gasteiger partial charge in [0.25, 0.3) is 0 Å². The minimum Gasteiger partial charge on any atom is -0.481 e. The van der Waals surface area contributed by atoms with Crippen molar-refractivity contribution in [2.75, 3.05) is 11.4 Å². The highest BCUT2D eigenvalue weighted by atomic mass is 35.5. The van der Waals surface area contributed by atoms with E-state index in [0.29, 0.717) is 28.7 Å². The van der Waals surface area contributed by atoms with Crippen LogP contribution in [0, 0.1) is 5.92 Å². The number of amides is 1. The Morgan fingerprint density at radius 3 is 2.59 bits per heavy atom. The summed E-state index contributed by atoms with van der Waals surface area (Å²) < 4.78 is 0. The van der Waals surface area contributed by atoms with E-state index in [-0.39, 0.29) is 0 Å². The summed E-state index contributed by atoms with van der Waals surface area (Å²) >= 11 is 11.6. The number of hydrogen-bond acceptors (Lipinski definition) is 2. The number of aliphatic carboxylic acids is 1. The van der Waals surface area contributed by atoms with Gasteiger partial charge in [-0.2, -0.15) is 0 Å². The lowest BCUT2D eigenvalue weighted by molar-refractivity contribution is -0.144. The van der Waals surface area contributed by atoms with Crippen molar-refractivity contribution >= 4 is 40.8 Å². The summed E-state index contributed by atoms with van der Waals surface area (Å²) in [6.45, 7) is 0.383. The lowest BCUT2D eigenvalue weighted by atomic mass is 10.1. The van der Waals surface area contributed by atoms with Crippen LogP contribution >= 0.6 is 23.2 Å². The fraction of sp³-hybridized carbons (Fsp3) is 0.273. The van der Waals surface area contributed by atoms with Crippen LogP contribution in [0.3, 0.4) is 0 Å². The topological polar surface area (TPSA) is 57.6 Å². The molecule has 0 radical (unpaired) electrons. The average molecular weight is 274 g/mol. The predicted molar refractivity (Wildman–Crippen MR) is 64.6 cm³/mol. The first kappa shape index (κ1) is 12.2. The molecule has 0 bridgehead atoms. The number of carboxylic acids is 1. The second-order valence-electron chi connectivity index (χ2n) is 3.77. The molecule has 0 aliphatic carbocycles. The summed E-state index contributed by atoms with van der Waals surface area (Å²) in [5.74, 6) is -2.45. The van der Waals surface area contributed by atoms with E-state index in [1.807, 2.05) is 0 Å². The average Bonchev–Trinajstić information content (AvgIpc) is 2.64. The van der Waals surface area contributed by atoms with Gasteiger partial charge in [0.15, 0.2) is 0 Å². The first-order valence-corrected chi connectivity index (χ1v) is 5.75. The normalized spacial score (nSPS) is 19.8. The van der Waals surface area contributed by atoms with Crippen LogP contribution in [0.4, 0.5) is 5.69 Å². The van der Waals surface area contributed by atoms with E-state index in [0.717, 1.165) is 0 Å². The molecule has 0 saturated carbocycles. The maximum Gasteiger partial charge on any atom is 0.316 e. The highest BCUT2D eigenvalue weighted by Crippen LogP contribution is 2.30. The van der Waals surface area contributed by atoms with Crippen molar-refractivity contribution in [3.63, 3.8) is 0 Å². The predicted octanol–water partition coefficient (Wildman–Crippen LogP) is 2.43. The molecule has 1 aliphatic rings. The smallest absolute Gasteiger partial charge is 0.316 e. The minimum absolute atomic E-state index is 0.314. The second kappa shape index (κ2) is 4.55. The summed E-state index contributed by atoms with van der Waals surface area (Å²) in [5.41, 5.74) is 0.577. The van der Waals surface area contributed by atoms with E-state index >= 15 is 0 Å². The highest BCUT2D eigenvalue weighted by molar-refractivity contribution is 6.42. The van der Waals surface area contributed by atoms with E-state index < -0.39 is 17.8 Å². The van der Waals surface area contributed by atoms with Gasteiger partial charge in [0, 0.05) is 12.2 Å². The molecule has 1 aromatic carbocycles. The fourth-order valence-electron chi connectivity index (χ4n) is 1.82. The zero-order chi connectivity index (χ0) is 12.6. The number of nitrogens with zero attached hydrogens (tertiary/aromatic N) is 1. The summed E-state index contributed by atoms with van der Waals surface area (Å²) in [7, 11) is 0. The van der Waals surface area contributed by atoms with Gasteiger partial charge in [-0.15, -0.1) is 0 Å². The molecule has 1 heterocycles. The van der Waals surface area contributed by atoms with Gasteiger partial charge in [0.2, 0.25) is 5.91 Å². The van der Waals surface area contributed by atoms with Gasteiger partial charge in [0.05, 0.1) is 10.0 Å². The fourth-order valence-corrected chi connectivity index (χ4v) is 2.11. The highest BCUT2D eigenvalue weighted by Gasteiger charge is 2.37. The van der Waals surface area contributed by atoms with Gasteiger partial charge in [0.1, 0.15) is 5.92 Å². The number of carbonyl (C=O) groups is 2. The summed E-state index contributed by atoms with van der Waals surface area (Å²) in [4.78, 5) is 24.0. The minimum atomic E-state index is -1.09. The number of halogens is 2. The van der Waals surface area contributed by atoms with Crippen molar-refractivity contribution in [3.8, 4) is 0 Å². The molecule has 90 valence electrons. The van der Waals surface area contributed by atoms with Gasteiger partial charge >= 0.3 is 5.97 Å². The lowest BCUT2D eigenvalue weighted by Gasteiger charge is -2.16. The van der Waals surface area contributed by atoms with E-state index in [1.54, 1.807) is 18.2 Å². The quantitative estimate of drug-likeness (QED) is 0.842. The van der Waals surface area contributed by atoms with Crippen LogP contribution in [0.5, 0.6) is 0 Å². The van der Waals surface area contributed by atoms with Crippen molar-refractivity contribution in [1.29, 1.82) is 0 Å². The van der Waals surface area contributed by atoms with Crippen LogP contribution in [0.2, 0.25) is 10.0 Å². The van der Waals surface area contributed by atoms with Gasteiger partial charge < -0.3 is 10.0 Å². The Balaban J connectivity index is 2.27. The Kier molecular flexibility index (Phi) is 3.26. The molecule has 1 fully saturated rings. The molecule has 2 rings (SSSR count). The third kappa shape index (κ3) is 2.23. The first-order valence-electron chi connectivity index (χ1n) is 5.00. The van der Waals surface area contributed by atoms with E-state index in [4.69, 9.17) is 28.3 Å². The Labute approximate surface area is 108 Å². The van der Waals surface area contributed by atoms with Crippen LogP contribution in [-0.4, -0.2) is 23.5 Å². The third-order valence-corrected chi connectivity index (χ3v) is 3.46. The van der Waals surface area contributed by atoms with E-state index in [1.165, 1.54) is 4.90 Å². The van der Waals surface area contributed by atoms with Crippen molar-refractivity contribution in [3.05, 3.63) is 28.2 Å². The van der Waals surface area contributed by atoms with Gasteiger partial charge in [-0.3, -0.25) is 9.59 Å². The van der Waals surface area contributed by atoms with Crippen molar-refractivity contribution in [2.45, 2.75) is 6.42 Å². The summed E-state index contributed by atoms with van der Waals surface area (Å²) in [6, 6.07) is 4.79. The Morgan fingerprint density at radius 2 is 2.06 bits per heavy atom. The molecule has 4 nitrogen and oxygen atoms in total. The van der Waals surface area contributed by atoms with E-state index in [2.05, 4.69) is 0 Å². The van der Waals surface area contributed by atoms with Crippen LogP contribution in [-0.2, 0) is 9.59 Å². The molecular formula is C11H9Cl2NO3. The van der Waals surface area contributed by atoms with Crippen LogP contribution in [0.1, 0.15) is 6.42 Å². The number of rotatable bonds is 2. The molecule has 1 amide bonds. The molecular weight excluding hydrogens is 265 g/mol. The molecule has 1 atom stereocenters. The number of hydrogen-bond donors (Lipinski definition) is 1. The first-order chi connectivity index (χ1) is 8.00. The number of anilines is 1. The standard InChI is InChI=1S/C11H9Cl2NO3/c12-8-2-1-6(5-9(8)13)14-4-3-7(10(14)15)11(16)17/h1-2,5,7H,3-4H2,(H,16,17)/t7-/m0/s1. The lowest BCUT2D eigenvalue weighted by Crippen LogP contribution is -2.30. The van der Waals surface area contributed by atoms with Crippen molar-refractivity contribution in [1.82, 2.24) is 0 Å². The number of benzene rings is 1. The Morgan fingerprint density at radius 1 is 1.35 bits per heavy atom. The van der Waals surface area contributed by atoms with Crippen LogP contribution in [0.15, 0.2) is 18.2 Å². The molecule has 0 aromatic heterocycles. The molecule has 1 saturated heterocycles.